The van der Waals surface area contributed by atoms with E-state index in [1.165, 1.54) is 35.4 Å². The fraction of sp³-hybridized carbons (Fsp3) is 0.312. The van der Waals surface area contributed by atoms with Crippen molar-refractivity contribution in [2.75, 3.05) is 13.1 Å². The number of carbonyl (C=O) groups excluding carboxylic acids is 1. The molecule has 1 aromatic carbocycles. The highest BCUT2D eigenvalue weighted by Gasteiger charge is 2.64. The third-order valence-corrected chi connectivity index (χ3v) is 4.71. The van der Waals surface area contributed by atoms with Gasteiger partial charge < -0.3 is 14.6 Å². The summed E-state index contributed by atoms with van der Waals surface area (Å²) < 4.78 is 41.2. The van der Waals surface area contributed by atoms with Crippen LogP contribution in [0.25, 0.3) is 5.69 Å². The molecule has 0 bridgehead atoms. The third-order valence-electron chi connectivity index (χ3n) is 4.71. The van der Waals surface area contributed by atoms with E-state index in [2.05, 4.69) is 4.98 Å². The maximum atomic E-state index is 13.3. The zero-order valence-electron chi connectivity index (χ0n) is 14.1. The largest absolute Gasteiger partial charge is 0.481 e. The van der Waals surface area contributed by atoms with E-state index in [0.717, 1.165) is 11.0 Å². The van der Waals surface area contributed by atoms with Gasteiger partial charge in [-0.2, -0.15) is 13.2 Å². The number of nitrogens with zero attached hydrogens (tertiary/aromatic N) is 4. The molecule has 1 amide bonds. The monoisotopic (exact) mass is 398 g/mol. The van der Waals surface area contributed by atoms with Crippen LogP contribution in [0.4, 0.5) is 18.9 Å². The predicted octanol–water partition coefficient (Wildman–Crippen LogP) is 2.26. The summed E-state index contributed by atoms with van der Waals surface area (Å²) in [7, 11) is 0. The highest BCUT2D eigenvalue weighted by Crippen LogP contribution is 2.46. The SMILES string of the molecule is O=C(c1ccc(-n2ccnc2)c([N+](=O)[O-])c1)N1CCC(C(=O)O)(C(F)(F)F)C1. The van der Waals surface area contributed by atoms with Crippen molar-refractivity contribution in [1.82, 2.24) is 14.5 Å². The summed E-state index contributed by atoms with van der Waals surface area (Å²) in [5.74, 6) is -2.97. The van der Waals surface area contributed by atoms with Gasteiger partial charge in [-0.05, 0) is 18.6 Å². The summed E-state index contributed by atoms with van der Waals surface area (Å²) >= 11 is 0. The molecule has 0 aliphatic carbocycles. The molecule has 1 aliphatic heterocycles. The second kappa shape index (κ2) is 6.62. The number of aromatic nitrogens is 2. The lowest BCUT2D eigenvalue weighted by Crippen LogP contribution is -2.47. The van der Waals surface area contributed by atoms with Crippen LogP contribution >= 0.6 is 0 Å². The Morgan fingerprint density at radius 3 is 2.54 bits per heavy atom. The van der Waals surface area contributed by atoms with Crippen molar-refractivity contribution in [2.24, 2.45) is 5.41 Å². The molecule has 1 aromatic heterocycles. The van der Waals surface area contributed by atoms with Gasteiger partial charge in [-0.1, -0.05) is 0 Å². The molecule has 0 spiro atoms. The fourth-order valence-corrected chi connectivity index (χ4v) is 3.12. The number of amides is 1. The van der Waals surface area contributed by atoms with Crippen molar-refractivity contribution >= 4 is 17.6 Å². The van der Waals surface area contributed by atoms with E-state index in [0.29, 0.717) is 0 Å². The first-order valence-electron chi connectivity index (χ1n) is 7.93. The third kappa shape index (κ3) is 3.06. The molecule has 1 atom stereocenters. The Kier molecular flexibility index (Phi) is 4.57. The number of alkyl halides is 3. The molecule has 12 heteroatoms. The molecule has 2 aromatic rings. The lowest BCUT2D eigenvalue weighted by atomic mass is 9.86. The van der Waals surface area contributed by atoms with Gasteiger partial charge in [0.1, 0.15) is 5.69 Å². The number of benzene rings is 1. The van der Waals surface area contributed by atoms with Crippen LogP contribution in [-0.4, -0.2) is 55.6 Å². The van der Waals surface area contributed by atoms with Crippen molar-refractivity contribution < 1.29 is 32.8 Å². The molecular weight excluding hydrogens is 385 g/mol. The minimum atomic E-state index is -5.04. The van der Waals surface area contributed by atoms with E-state index < -0.39 is 53.6 Å². The minimum Gasteiger partial charge on any atom is -0.481 e. The van der Waals surface area contributed by atoms with E-state index in [9.17, 15) is 32.9 Å². The van der Waals surface area contributed by atoms with Gasteiger partial charge in [0.15, 0.2) is 5.41 Å². The van der Waals surface area contributed by atoms with Crippen LogP contribution in [0.2, 0.25) is 0 Å². The zero-order valence-corrected chi connectivity index (χ0v) is 14.1. The van der Waals surface area contributed by atoms with E-state index in [1.807, 2.05) is 0 Å². The number of hydrogen-bond acceptors (Lipinski definition) is 5. The van der Waals surface area contributed by atoms with Gasteiger partial charge in [0.05, 0.1) is 11.3 Å². The summed E-state index contributed by atoms with van der Waals surface area (Å²) in [6.45, 7) is -1.48. The first-order chi connectivity index (χ1) is 13.1. The van der Waals surface area contributed by atoms with Crippen LogP contribution in [-0.2, 0) is 4.79 Å². The van der Waals surface area contributed by atoms with E-state index in [1.54, 1.807) is 0 Å². The second-order valence-corrected chi connectivity index (χ2v) is 6.29. The fourth-order valence-electron chi connectivity index (χ4n) is 3.12. The quantitative estimate of drug-likeness (QED) is 0.623. The average Bonchev–Trinajstić information content (AvgIpc) is 3.30. The molecule has 2 heterocycles. The molecule has 148 valence electrons. The molecule has 1 saturated heterocycles. The molecule has 1 aliphatic rings. The lowest BCUT2D eigenvalue weighted by molar-refractivity contribution is -0.384. The molecule has 1 fully saturated rings. The van der Waals surface area contributed by atoms with Crippen molar-refractivity contribution in [3.8, 4) is 5.69 Å². The van der Waals surface area contributed by atoms with Gasteiger partial charge in [-0.3, -0.25) is 19.7 Å². The molecule has 0 saturated carbocycles. The van der Waals surface area contributed by atoms with Crippen LogP contribution in [0.1, 0.15) is 16.8 Å². The molecule has 9 nitrogen and oxygen atoms in total. The van der Waals surface area contributed by atoms with E-state index in [4.69, 9.17) is 5.11 Å². The van der Waals surface area contributed by atoms with Gasteiger partial charge in [0.25, 0.3) is 11.6 Å². The Morgan fingerprint density at radius 1 is 1.32 bits per heavy atom. The van der Waals surface area contributed by atoms with Gasteiger partial charge >= 0.3 is 12.1 Å². The summed E-state index contributed by atoms with van der Waals surface area (Å²) in [4.78, 5) is 39.0. The van der Waals surface area contributed by atoms with Crippen LogP contribution < -0.4 is 0 Å². The van der Waals surface area contributed by atoms with Crippen molar-refractivity contribution in [1.29, 1.82) is 0 Å². The van der Waals surface area contributed by atoms with Gasteiger partial charge in [-0.15, -0.1) is 0 Å². The highest BCUT2D eigenvalue weighted by molar-refractivity contribution is 5.96. The number of nitro benzene ring substituents is 1. The Labute approximate surface area is 155 Å². The molecule has 28 heavy (non-hydrogen) atoms. The maximum absolute atomic E-state index is 13.3. The van der Waals surface area contributed by atoms with Crippen molar-refractivity contribution in [3.05, 3.63) is 52.6 Å². The number of likely N-dealkylation sites (tertiary alicyclic amines) is 1. The zero-order chi connectivity index (χ0) is 20.7. The number of halogens is 3. The Morgan fingerprint density at radius 2 is 2.04 bits per heavy atom. The number of aliphatic carboxylic acids is 1. The number of carbonyl (C=O) groups is 2. The number of hydrogen-bond donors (Lipinski definition) is 1. The summed E-state index contributed by atoms with van der Waals surface area (Å²) in [6.07, 6.45) is -1.66. The first kappa shape index (κ1) is 19.3. The number of rotatable bonds is 4. The normalized spacial score (nSPS) is 19.6. The van der Waals surface area contributed by atoms with Gasteiger partial charge in [-0.25, -0.2) is 4.98 Å². The number of imidazole rings is 1. The minimum absolute atomic E-state index is 0.121. The highest BCUT2D eigenvalue weighted by atomic mass is 19.4. The predicted molar refractivity (Wildman–Crippen MR) is 86.9 cm³/mol. The molecule has 0 radical (unpaired) electrons. The smallest absolute Gasteiger partial charge is 0.406 e. The van der Waals surface area contributed by atoms with Crippen molar-refractivity contribution in [3.63, 3.8) is 0 Å². The second-order valence-electron chi connectivity index (χ2n) is 6.29. The number of carboxylic acid groups (broad SMARTS) is 1. The van der Waals surface area contributed by atoms with E-state index >= 15 is 0 Å². The summed E-state index contributed by atoms with van der Waals surface area (Å²) in [5.41, 5.74) is -3.58. The van der Waals surface area contributed by atoms with Crippen LogP contribution in [0.3, 0.4) is 0 Å². The Balaban J connectivity index is 1.93. The first-order valence-corrected chi connectivity index (χ1v) is 7.93. The number of carboxylic acids is 1. The van der Waals surface area contributed by atoms with Crippen molar-refractivity contribution in [2.45, 2.75) is 12.6 Å². The standard InChI is InChI=1S/C16H13F3N4O5/c17-16(18,19)15(14(25)26)3-5-21(8-15)13(24)10-1-2-11(12(7-10)23(27)28)22-6-4-20-9-22/h1-2,4,6-7,9H,3,5,8H2,(H,25,26). The molecular formula is C16H13F3N4O5. The molecule has 3 rings (SSSR count). The lowest BCUT2D eigenvalue weighted by Gasteiger charge is -2.27. The average molecular weight is 398 g/mol. The Hall–Kier alpha value is -3.44. The maximum Gasteiger partial charge on any atom is 0.406 e. The van der Waals surface area contributed by atoms with Crippen LogP contribution in [0.15, 0.2) is 36.9 Å². The summed E-state index contributed by atoms with van der Waals surface area (Å²) in [5, 5.41) is 20.4. The number of nitro groups is 1. The molecule has 1 N–H and O–H groups in total. The molecule has 1 unspecified atom stereocenters. The van der Waals surface area contributed by atoms with Crippen LogP contribution in [0, 0.1) is 15.5 Å². The van der Waals surface area contributed by atoms with Gasteiger partial charge in [0, 0.05) is 37.1 Å². The summed E-state index contributed by atoms with van der Waals surface area (Å²) in [6, 6.07) is 3.46. The van der Waals surface area contributed by atoms with Crippen LogP contribution in [0.5, 0.6) is 0 Å². The topological polar surface area (TPSA) is 119 Å². The van der Waals surface area contributed by atoms with Gasteiger partial charge in [0.2, 0.25) is 0 Å². The van der Waals surface area contributed by atoms with E-state index in [-0.39, 0.29) is 11.3 Å². The Bertz CT molecular complexity index is 944.